The SMILES string of the molecule is NC(CC(=O)N1CCc2cc(C(=O)O)c(C(F)(F)F)nc2C1)Cc1cc(F)ccc1F. The van der Waals surface area contributed by atoms with Crippen molar-refractivity contribution in [2.24, 2.45) is 5.73 Å². The average molecular weight is 443 g/mol. The minimum atomic E-state index is -4.97. The number of hydrogen-bond acceptors (Lipinski definition) is 4. The van der Waals surface area contributed by atoms with E-state index in [-0.39, 0.29) is 43.6 Å². The van der Waals surface area contributed by atoms with E-state index in [1.54, 1.807) is 0 Å². The summed E-state index contributed by atoms with van der Waals surface area (Å²) >= 11 is 0. The fourth-order valence-electron chi connectivity index (χ4n) is 3.46. The van der Waals surface area contributed by atoms with E-state index in [1.807, 2.05) is 0 Å². The zero-order valence-electron chi connectivity index (χ0n) is 16.0. The van der Waals surface area contributed by atoms with Crippen molar-refractivity contribution >= 4 is 11.9 Å². The maximum atomic E-state index is 13.8. The summed E-state index contributed by atoms with van der Waals surface area (Å²) in [4.78, 5) is 28.5. The van der Waals surface area contributed by atoms with Crippen LogP contribution >= 0.6 is 0 Å². The molecule has 1 unspecified atom stereocenters. The molecule has 166 valence electrons. The van der Waals surface area contributed by atoms with Crippen molar-refractivity contribution in [1.82, 2.24) is 9.88 Å². The molecule has 2 heterocycles. The highest BCUT2D eigenvalue weighted by molar-refractivity contribution is 5.89. The maximum absolute atomic E-state index is 13.8. The summed E-state index contributed by atoms with van der Waals surface area (Å²) in [5, 5.41) is 9.06. The molecule has 3 rings (SSSR count). The molecule has 1 aromatic carbocycles. The number of carboxylic acids is 1. The lowest BCUT2D eigenvalue weighted by Crippen LogP contribution is -2.40. The highest BCUT2D eigenvalue weighted by Gasteiger charge is 2.39. The fraction of sp³-hybridized carbons (Fsp3) is 0.350. The lowest BCUT2D eigenvalue weighted by molar-refractivity contribution is -0.141. The molecule has 1 amide bonds. The van der Waals surface area contributed by atoms with Gasteiger partial charge in [-0.3, -0.25) is 4.79 Å². The van der Waals surface area contributed by atoms with Crippen LogP contribution in [0.4, 0.5) is 22.0 Å². The van der Waals surface area contributed by atoms with Gasteiger partial charge in [-0.15, -0.1) is 0 Å². The van der Waals surface area contributed by atoms with Crippen LogP contribution in [0, 0.1) is 11.6 Å². The highest BCUT2D eigenvalue weighted by Crippen LogP contribution is 2.33. The predicted octanol–water partition coefficient (Wildman–Crippen LogP) is 2.92. The summed E-state index contributed by atoms with van der Waals surface area (Å²) in [7, 11) is 0. The number of hydrogen-bond donors (Lipinski definition) is 2. The number of carbonyl (C=O) groups is 2. The highest BCUT2D eigenvalue weighted by atomic mass is 19.4. The molecule has 1 atom stereocenters. The fourth-order valence-corrected chi connectivity index (χ4v) is 3.46. The van der Waals surface area contributed by atoms with Crippen LogP contribution in [-0.2, 0) is 30.4 Å². The lowest BCUT2D eigenvalue weighted by Gasteiger charge is -2.30. The third-order valence-electron chi connectivity index (χ3n) is 4.96. The number of amides is 1. The topological polar surface area (TPSA) is 96.5 Å². The van der Waals surface area contributed by atoms with Crippen LogP contribution in [0.1, 0.15) is 39.3 Å². The Morgan fingerprint density at radius 1 is 1.23 bits per heavy atom. The van der Waals surface area contributed by atoms with Crippen LogP contribution in [0.3, 0.4) is 0 Å². The summed E-state index contributed by atoms with van der Waals surface area (Å²) in [6, 6.07) is 3.00. The Morgan fingerprint density at radius 2 is 1.94 bits per heavy atom. The quantitative estimate of drug-likeness (QED) is 0.693. The summed E-state index contributed by atoms with van der Waals surface area (Å²) in [5.41, 5.74) is 3.73. The third-order valence-corrected chi connectivity index (χ3v) is 4.96. The van der Waals surface area contributed by atoms with E-state index in [0.717, 1.165) is 24.3 Å². The maximum Gasteiger partial charge on any atom is 0.434 e. The van der Waals surface area contributed by atoms with Gasteiger partial charge in [0, 0.05) is 19.0 Å². The van der Waals surface area contributed by atoms with Gasteiger partial charge < -0.3 is 15.7 Å². The van der Waals surface area contributed by atoms with E-state index in [0.29, 0.717) is 5.56 Å². The molecule has 1 aromatic heterocycles. The molecule has 2 aromatic rings. The van der Waals surface area contributed by atoms with Gasteiger partial charge in [-0.25, -0.2) is 18.6 Å². The van der Waals surface area contributed by atoms with Crippen molar-refractivity contribution in [3.63, 3.8) is 0 Å². The Labute approximate surface area is 173 Å². The number of benzene rings is 1. The van der Waals surface area contributed by atoms with E-state index in [9.17, 15) is 31.5 Å². The van der Waals surface area contributed by atoms with Crippen LogP contribution < -0.4 is 5.73 Å². The summed E-state index contributed by atoms with van der Waals surface area (Å²) in [6.07, 6.45) is -5.17. The number of nitrogens with two attached hydrogens (primary N) is 1. The van der Waals surface area contributed by atoms with Crippen molar-refractivity contribution < 1.29 is 36.6 Å². The van der Waals surface area contributed by atoms with Gasteiger partial charge in [0.1, 0.15) is 11.6 Å². The number of nitrogens with zero attached hydrogens (tertiary/aromatic N) is 2. The first-order valence-corrected chi connectivity index (χ1v) is 9.26. The van der Waals surface area contributed by atoms with Gasteiger partial charge in [0.25, 0.3) is 0 Å². The van der Waals surface area contributed by atoms with E-state index in [4.69, 9.17) is 10.8 Å². The van der Waals surface area contributed by atoms with Gasteiger partial charge in [-0.1, -0.05) is 0 Å². The number of rotatable bonds is 5. The van der Waals surface area contributed by atoms with Crippen molar-refractivity contribution in [2.75, 3.05) is 6.54 Å². The molecule has 0 bridgehead atoms. The number of aromatic nitrogens is 1. The summed E-state index contributed by atoms with van der Waals surface area (Å²) < 4.78 is 66.6. The standard InChI is InChI=1S/C20H18F5N3O3/c21-12-1-2-15(22)11(5-12)6-13(26)8-17(29)28-4-3-10-7-14(19(30)31)18(20(23,24)25)27-16(10)9-28/h1-2,5,7,13H,3-4,6,8-9,26H2,(H,30,31). The second kappa shape index (κ2) is 8.58. The number of pyridine rings is 1. The number of carboxylic acid groups (broad SMARTS) is 1. The normalized spacial score (nSPS) is 14.8. The molecule has 1 aliphatic heterocycles. The Hall–Kier alpha value is -3.08. The van der Waals surface area contributed by atoms with Crippen LogP contribution in [-0.4, -0.2) is 39.5 Å². The van der Waals surface area contributed by atoms with Crippen molar-refractivity contribution in [3.05, 3.63) is 64.0 Å². The Balaban J connectivity index is 1.73. The van der Waals surface area contributed by atoms with Crippen LogP contribution in [0.2, 0.25) is 0 Å². The third kappa shape index (κ3) is 5.16. The van der Waals surface area contributed by atoms with E-state index < -0.39 is 47.0 Å². The smallest absolute Gasteiger partial charge is 0.434 e. The lowest BCUT2D eigenvalue weighted by atomic mass is 9.99. The van der Waals surface area contributed by atoms with Gasteiger partial charge in [0.05, 0.1) is 17.8 Å². The molecule has 31 heavy (non-hydrogen) atoms. The molecule has 6 nitrogen and oxygen atoms in total. The minimum absolute atomic E-state index is 0.0157. The van der Waals surface area contributed by atoms with Gasteiger partial charge in [0.15, 0.2) is 5.69 Å². The Kier molecular flexibility index (Phi) is 6.25. The van der Waals surface area contributed by atoms with Gasteiger partial charge in [0.2, 0.25) is 5.91 Å². The molecule has 11 heteroatoms. The predicted molar refractivity (Wildman–Crippen MR) is 98.0 cm³/mol. The molecule has 0 fully saturated rings. The second-order valence-electron chi connectivity index (χ2n) is 7.26. The number of alkyl halides is 3. The number of carbonyl (C=O) groups excluding carboxylic acids is 1. The van der Waals surface area contributed by atoms with Gasteiger partial charge in [-0.2, -0.15) is 13.2 Å². The van der Waals surface area contributed by atoms with Crippen LogP contribution in [0.15, 0.2) is 24.3 Å². The summed E-state index contributed by atoms with van der Waals surface area (Å²) in [5.74, 6) is -3.52. The molecule has 0 radical (unpaired) electrons. The van der Waals surface area contributed by atoms with Crippen LogP contribution in [0.5, 0.6) is 0 Å². The second-order valence-corrected chi connectivity index (χ2v) is 7.26. The molecule has 1 aliphatic rings. The van der Waals surface area contributed by atoms with Crippen molar-refractivity contribution in [3.8, 4) is 0 Å². The zero-order chi connectivity index (χ0) is 22.9. The number of fused-ring (bicyclic) bond motifs is 1. The van der Waals surface area contributed by atoms with Gasteiger partial charge >= 0.3 is 12.1 Å². The Morgan fingerprint density at radius 3 is 2.58 bits per heavy atom. The molecule has 0 aliphatic carbocycles. The molecule has 3 N–H and O–H groups in total. The first-order valence-electron chi connectivity index (χ1n) is 9.26. The molecule has 0 saturated carbocycles. The van der Waals surface area contributed by atoms with E-state index in [1.165, 1.54) is 4.90 Å². The van der Waals surface area contributed by atoms with E-state index >= 15 is 0 Å². The number of halogens is 5. The van der Waals surface area contributed by atoms with Gasteiger partial charge in [-0.05, 0) is 48.2 Å². The van der Waals surface area contributed by atoms with Crippen LogP contribution in [0.25, 0.3) is 0 Å². The Bertz CT molecular complexity index is 1030. The molecule has 0 spiro atoms. The van der Waals surface area contributed by atoms with Crippen molar-refractivity contribution in [2.45, 2.75) is 38.0 Å². The summed E-state index contributed by atoms with van der Waals surface area (Å²) in [6.45, 7) is -0.100. The largest absolute Gasteiger partial charge is 0.478 e. The minimum Gasteiger partial charge on any atom is -0.478 e. The first kappa shape index (κ1) is 22.6. The zero-order valence-corrected chi connectivity index (χ0v) is 16.0. The number of aromatic carboxylic acids is 1. The molecular formula is C20H18F5N3O3. The first-order chi connectivity index (χ1) is 14.5. The van der Waals surface area contributed by atoms with E-state index in [2.05, 4.69) is 4.98 Å². The molecule has 0 saturated heterocycles. The average Bonchev–Trinajstić information content (AvgIpc) is 2.68. The van der Waals surface area contributed by atoms with Crippen molar-refractivity contribution in [1.29, 1.82) is 0 Å². The monoisotopic (exact) mass is 443 g/mol. The molecular weight excluding hydrogens is 425 g/mol.